The minimum atomic E-state index is -0.362. The fourth-order valence-electron chi connectivity index (χ4n) is 1.59. The van der Waals surface area contributed by atoms with Gasteiger partial charge < -0.3 is 5.11 Å². The zero-order chi connectivity index (χ0) is 12.3. The fourth-order valence-corrected chi connectivity index (χ4v) is 1.59. The topological polar surface area (TPSA) is 37.3 Å². The summed E-state index contributed by atoms with van der Waals surface area (Å²) in [6.45, 7) is 0. The molecule has 3 heteroatoms. The Morgan fingerprint density at radius 3 is 2.47 bits per heavy atom. The molecule has 0 heterocycles. The quantitative estimate of drug-likeness (QED) is 0.823. The molecule has 0 saturated carbocycles. The number of carbonyl (C=O) groups excluding carboxylic acids is 1. The lowest BCUT2D eigenvalue weighted by atomic mass is 10.0. The van der Waals surface area contributed by atoms with Crippen LogP contribution < -0.4 is 0 Å². The monoisotopic (exact) mass is 230 g/mol. The highest BCUT2D eigenvalue weighted by molar-refractivity contribution is 5.97. The number of Topliss-reactive ketones (excluding diaryl/α,β-unsaturated/α-hetero) is 1. The van der Waals surface area contributed by atoms with Gasteiger partial charge in [-0.2, -0.15) is 0 Å². The van der Waals surface area contributed by atoms with Gasteiger partial charge in [0.1, 0.15) is 11.6 Å². The molecule has 2 rings (SSSR count). The first-order chi connectivity index (χ1) is 8.15. The second-order valence-electron chi connectivity index (χ2n) is 3.78. The number of aromatic hydroxyl groups is 1. The standard InChI is InChI=1S/C14H11FO2/c15-12-6-4-11(5-7-12)14(17)9-10-2-1-3-13(16)8-10/h1-8,16H,9H2. The van der Waals surface area contributed by atoms with Crippen LogP contribution in [0.2, 0.25) is 0 Å². The maximum absolute atomic E-state index is 12.7. The maximum atomic E-state index is 12.7. The van der Waals surface area contributed by atoms with Crippen molar-refractivity contribution >= 4 is 5.78 Å². The molecule has 0 aliphatic carbocycles. The molecule has 0 atom stereocenters. The van der Waals surface area contributed by atoms with E-state index in [1.54, 1.807) is 24.3 Å². The summed E-state index contributed by atoms with van der Waals surface area (Å²) in [4.78, 5) is 11.8. The molecule has 1 N–H and O–H groups in total. The molecule has 0 fully saturated rings. The number of hydrogen-bond acceptors (Lipinski definition) is 2. The van der Waals surface area contributed by atoms with E-state index in [-0.39, 0.29) is 23.8 Å². The van der Waals surface area contributed by atoms with E-state index in [1.807, 2.05) is 0 Å². The molecular weight excluding hydrogens is 219 g/mol. The average molecular weight is 230 g/mol. The molecule has 2 nitrogen and oxygen atoms in total. The van der Waals surface area contributed by atoms with E-state index in [2.05, 4.69) is 0 Å². The second-order valence-corrected chi connectivity index (χ2v) is 3.78. The van der Waals surface area contributed by atoms with Gasteiger partial charge in [0.2, 0.25) is 0 Å². The molecule has 2 aromatic carbocycles. The Balaban J connectivity index is 2.14. The molecule has 0 bridgehead atoms. The molecule has 0 amide bonds. The van der Waals surface area contributed by atoms with Gasteiger partial charge in [0, 0.05) is 12.0 Å². The molecular formula is C14H11FO2. The molecule has 86 valence electrons. The van der Waals surface area contributed by atoms with Crippen LogP contribution in [0.25, 0.3) is 0 Å². The molecule has 0 aromatic heterocycles. The number of rotatable bonds is 3. The zero-order valence-corrected chi connectivity index (χ0v) is 9.06. The fraction of sp³-hybridized carbons (Fsp3) is 0.0714. The lowest BCUT2D eigenvalue weighted by Gasteiger charge is -2.02. The summed E-state index contributed by atoms with van der Waals surface area (Å²) < 4.78 is 12.7. The van der Waals surface area contributed by atoms with Gasteiger partial charge in [-0.1, -0.05) is 12.1 Å². The third kappa shape index (κ3) is 2.91. The Bertz CT molecular complexity index is 532. The van der Waals surface area contributed by atoms with Gasteiger partial charge in [-0.15, -0.1) is 0 Å². The number of carbonyl (C=O) groups is 1. The van der Waals surface area contributed by atoms with E-state index < -0.39 is 0 Å². The third-order valence-corrected chi connectivity index (χ3v) is 2.44. The molecule has 0 spiro atoms. The summed E-state index contributed by atoms with van der Waals surface area (Å²) in [5.41, 5.74) is 1.20. The van der Waals surface area contributed by atoms with Crippen LogP contribution in [-0.2, 0) is 6.42 Å². The van der Waals surface area contributed by atoms with Crippen molar-refractivity contribution < 1.29 is 14.3 Å². The Morgan fingerprint density at radius 2 is 1.82 bits per heavy atom. The highest BCUT2D eigenvalue weighted by Gasteiger charge is 2.07. The van der Waals surface area contributed by atoms with Crippen LogP contribution >= 0.6 is 0 Å². The third-order valence-electron chi connectivity index (χ3n) is 2.44. The van der Waals surface area contributed by atoms with Crippen LogP contribution in [0.4, 0.5) is 4.39 Å². The molecule has 0 saturated heterocycles. The van der Waals surface area contributed by atoms with Crippen LogP contribution in [0.1, 0.15) is 15.9 Å². The Labute approximate surface area is 98.3 Å². The highest BCUT2D eigenvalue weighted by Crippen LogP contribution is 2.14. The Hall–Kier alpha value is -2.16. The summed E-state index contributed by atoms with van der Waals surface area (Å²) >= 11 is 0. The summed E-state index contributed by atoms with van der Waals surface area (Å²) in [5.74, 6) is -0.330. The lowest BCUT2D eigenvalue weighted by molar-refractivity contribution is 0.0993. The maximum Gasteiger partial charge on any atom is 0.167 e. The minimum absolute atomic E-state index is 0.101. The average Bonchev–Trinajstić information content (AvgIpc) is 2.29. The molecule has 0 aliphatic rings. The molecule has 0 radical (unpaired) electrons. The van der Waals surface area contributed by atoms with Crippen molar-refractivity contribution in [3.8, 4) is 5.75 Å². The number of halogens is 1. The van der Waals surface area contributed by atoms with Crippen LogP contribution in [0.3, 0.4) is 0 Å². The normalized spacial score (nSPS) is 10.2. The van der Waals surface area contributed by atoms with Gasteiger partial charge in [0.15, 0.2) is 5.78 Å². The number of hydrogen-bond donors (Lipinski definition) is 1. The van der Waals surface area contributed by atoms with Gasteiger partial charge in [0.05, 0.1) is 0 Å². The predicted octanol–water partition coefficient (Wildman–Crippen LogP) is 2.96. The first-order valence-electron chi connectivity index (χ1n) is 5.22. The van der Waals surface area contributed by atoms with Gasteiger partial charge in [0.25, 0.3) is 0 Å². The number of phenolic OH excluding ortho intramolecular Hbond substituents is 1. The van der Waals surface area contributed by atoms with Crippen molar-refractivity contribution in [2.45, 2.75) is 6.42 Å². The molecule has 17 heavy (non-hydrogen) atoms. The van der Waals surface area contributed by atoms with Crippen LogP contribution in [-0.4, -0.2) is 10.9 Å². The number of benzene rings is 2. The van der Waals surface area contributed by atoms with Crippen LogP contribution in [0, 0.1) is 5.82 Å². The first-order valence-corrected chi connectivity index (χ1v) is 5.22. The predicted molar refractivity (Wildman–Crippen MR) is 62.5 cm³/mol. The van der Waals surface area contributed by atoms with Gasteiger partial charge >= 0.3 is 0 Å². The number of ketones is 1. The highest BCUT2D eigenvalue weighted by atomic mass is 19.1. The largest absolute Gasteiger partial charge is 0.508 e. The van der Waals surface area contributed by atoms with Crippen molar-refractivity contribution in [2.75, 3.05) is 0 Å². The molecule has 0 aliphatic heterocycles. The molecule has 2 aromatic rings. The van der Waals surface area contributed by atoms with Crippen LogP contribution in [0.15, 0.2) is 48.5 Å². The number of phenols is 1. The first kappa shape index (κ1) is 11.3. The second kappa shape index (κ2) is 4.78. The Morgan fingerprint density at radius 1 is 1.12 bits per heavy atom. The van der Waals surface area contributed by atoms with Crippen molar-refractivity contribution in [3.63, 3.8) is 0 Å². The van der Waals surface area contributed by atoms with E-state index in [0.717, 1.165) is 5.56 Å². The van der Waals surface area contributed by atoms with Gasteiger partial charge in [-0.25, -0.2) is 4.39 Å². The van der Waals surface area contributed by atoms with Gasteiger partial charge in [-0.05, 0) is 42.0 Å². The zero-order valence-electron chi connectivity index (χ0n) is 9.06. The SMILES string of the molecule is O=C(Cc1cccc(O)c1)c1ccc(F)cc1. The summed E-state index contributed by atoms with van der Waals surface area (Å²) in [7, 11) is 0. The summed E-state index contributed by atoms with van der Waals surface area (Å²) in [6, 6.07) is 12.0. The summed E-state index contributed by atoms with van der Waals surface area (Å²) in [5, 5.41) is 9.27. The Kier molecular flexibility index (Phi) is 3.19. The smallest absolute Gasteiger partial charge is 0.167 e. The van der Waals surface area contributed by atoms with Crippen molar-refractivity contribution in [1.82, 2.24) is 0 Å². The van der Waals surface area contributed by atoms with E-state index in [1.165, 1.54) is 24.3 Å². The molecule has 0 unspecified atom stereocenters. The van der Waals surface area contributed by atoms with Crippen molar-refractivity contribution in [3.05, 3.63) is 65.5 Å². The van der Waals surface area contributed by atoms with Gasteiger partial charge in [-0.3, -0.25) is 4.79 Å². The van der Waals surface area contributed by atoms with E-state index in [4.69, 9.17) is 0 Å². The van der Waals surface area contributed by atoms with Crippen molar-refractivity contribution in [2.24, 2.45) is 0 Å². The van der Waals surface area contributed by atoms with Crippen LogP contribution in [0.5, 0.6) is 5.75 Å². The van der Waals surface area contributed by atoms with E-state index in [9.17, 15) is 14.3 Å². The minimum Gasteiger partial charge on any atom is -0.508 e. The van der Waals surface area contributed by atoms with E-state index >= 15 is 0 Å². The van der Waals surface area contributed by atoms with E-state index in [0.29, 0.717) is 5.56 Å². The lowest BCUT2D eigenvalue weighted by Crippen LogP contribution is -2.03. The van der Waals surface area contributed by atoms with Crippen molar-refractivity contribution in [1.29, 1.82) is 0 Å². The summed E-state index contributed by atoms with van der Waals surface area (Å²) in [6.07, 6.45) is 0.194.